The van der Waals surface area contributed by atoms with Crippen molar-refractivity contribution >= 4 is 21.6 Å². The Kier molecular flexibility index (Phi) is 5.44. The molecule has 0 unspecified atom stereocenters. The highest BCUT2D eigenvalue weighted by atomic mass is 32.2. The minimum absolute atomic E-state index is 0.0525. The Hall–Kier alpha value is -2.26. The van der Waals surface area contributed by atoms with Crippen LogP contribution in [0.4, 0.5) is 5.95 Å². The number of piperazine rings is 1. The van der Waals surface area contributed by atoms with Crippen molar-refractivity contribution in [3.05, 3.63) is 41.5 Å². The molecule has 0 aromatic carbocycles. The molecule has 2 aromatic heterocycles. The molecule has 0 saturated carbocycles. The van der Waals surface area contributed by atoms with Crippen molar-refractivity contribution in [1.82, 2.24) is 14.5 Å². The lowest BCUT2D eigenvalue weighted by Crippen LogP contribution is -3.15. The van der Waals surface area contributed by atoms with E-state index < -0.39 is 9.84 Å². The maximum absolute atomic E-state index is 13.0. The van der Waals surface area contributed by atoms with Gasteiger partial charge in [-0.3, -0.25) is 4.79 Å². The summed E-state index contributed by atoms with van der Waals surface area (Å²) in [5.74, 6) is 1.28. The fourth-order valence-electron chi connectivity index (χ4n) is 4.58. The maximum Gasteiger partial charge on any atom is 0.225 e. The predicted molar refractivity (Wildman–Crippen MR) is 110 cm³/mol. The molecule has 156 valence electrons. The van der Waals surface area contributed by atoms with Crippen LogP contribution in [0.2, 0.25) is 0 Å². The van der Waals surface area contributed by atoms with Crippen LogP contribution in [0.1, 0.15) is 34.2 Å². The van der Waals surface area contributed by atoms with Gasteiger partial charge < -0.3 is 14.4 Å². The second kappa shape index (κ2) is 7.87. The first-order chi connectivity index (χ1) is 13.8. The summed E-state index contributed by atoms with van der Waals surface area (Å²) in [6, 6.07) is 3.68. The number of carbonyl (C=O) groups is 1. The molecule has 2 aliphatic rings. The Balaban J connectivity index is 1.40. The fraction of sp³-hybridized carbons (Fsp3) is 0.550. The molecule has 1 atom stereocenters. The molecule has 0 aliphatic carbocycles. The van der Waals surface area contributed by atoms with Crippen LogP contribution in [-0.4, -0.2) is 73.0 Å². The zero-order chi connectivity index (χ0) is 20.6. The molecule has 0 spiro atoms. The summed E-state index contributed by atoms with van der Waals surface area (Å²) in [6.07, 6.45) is 4.12. The van der Waals surface area contributed by atoms with E-state index in [9.17, 15) is 13.2 Å². The zero-order valence-electron chi connectivity index (χ0n) is 17.0. The van der Waals surface area contributed by atoms with Gasteiger partial charge in [-0.05, 0) is 32.4 Å². The number of Topliss-reactive ketones (excluding diaryl/α,β-unsaturated/α-hetero) is 1. The van der Waals surface area contributed by atoms with Crippen LogP contribution in [0.25, 0.3) is 0 Å². The number of rotatable bonds is 5. The maximum atomic E-state index is 13.0. The quantitative estimate of drug-likeness (QED) is 0.679. The van der Waals surface area contributed by atoms with Crippen molar-refractivity contribution in [3.8, 4) is 0 Å². The minimum Gasteiger partial charge on any atom is -0.344 e. The topological polar surface area (TPSA) is 89.6 Å². The summed E-state index contributed by atoms with van der Waals surface area (Å²) in [4.78, 5) is 25.0. The normalized spacial score (nSPS) is 22.1. The number of quaternary nitrogens is 1. The van der Waals surface area contributed by atoms with Crippen molar-refractivity contribution in [2.45, 2.75) is 26.3 Å². The highest BCUT2D eigenvalue weighted by Crippen LogP contribution is 2.29. The number of nitrogens with one attached hydrogen (secondary N) is 1. The Morgan fingerprint density at radius 1 is 1.21 bits per heavy atom. The van der Waals surface area contributed by atoms with Gasteiger partial charge in [0.2, 0.25) is 11.7 Å². The molecule has 8 nitrogen and oxygen atoms in total. The van der Waals surface area contributed by atoms with E-state index in [0.29, 0.717) is 13.0 Å². The Labute approximate surface area is 171 Å². The molecule has 4 rings (SSSR count). The molecule has 29 heavy (non-hydrogen) atoms. The monoisotopic (exact) mass is 418 g/mol. The first kappa shape index (κ1) is 20.0. The molecule has 2 saturated heterocycles. The minimum atomic E-state index is -2.96. The van der Waals surface area contributed by atoms with Gasteiger partial charge in [0.05, 0.1) is 37.7 Å². The number of sulfone groups is 1. The summed E-state index contributed by atoms with van der Waals surface area (Å²) < 4.78 is 25.8. The third kappa shape index (κ3) is 4.20. The van der Waals surface area contributed by atoms with Crippen molar-refractivity contribution in [2.75, 3.05) is 49.1 Å². The van der Waals surface area contributed by atoms with E-state index in [0.717, 1.165) is 49.1 Å². The van der Waals surface area contributed by atoms with Crippen molar-refractivity contribution < 1.29 is 18.1 Å². The average molecular weight is 419 g/mol. The molecule has 0 amide bonds. The molecule has 2 fully saturated rings. The van der Waals surface area contributed by atoms with E-state index in [1.165, 1.54) is 4.90 Å². The van der Waals surface area contributed by atoms with Crippen molar-refractivity contribution in [3.63, 3.8) is 0 Å². The summed E-state index contributed by atoms with van der Waals surface area (Å²) >= 11 is 0. The van der Waals surface area contributed by atoms with E-state index in [1.54, 1.807) is 18.5 Å². The summed E-state index contributed by atoms with van der Waals surface area (Å²) in [7, 11) is -2.96. The molecular weight excluding hydrogens is 390 g/mol. The lowest BCUT2D eigenvalue weighted by molar-refractivity contribution is -0.892. The van der Waals surface area contributed by atoms with Crippen LogP contribution < -0.4 is 9.80 Å². The van der Waals surface area contributed by atoms with Gasteiger partial charge in [0.25, 0.3) is 0 Å². The largest absolute Gasteiger partial charge is 0.344 e. The van der Waals surface area contributed by atoms with E-state index >= 15 is 0 Å². The Bertz CT molecular complexity index is 995. The highest BCUT2D eigenvalue weighted by molar-refractivity contribution is 7.91. The number of aromatic nitrogens is 3. The third-order valence-electron chi connectivity index (χ3n) is 6.07. The van der Waals surface area contributed by atoms with Gasteiger partial charge in [0.15, 0.2) is 9.84 Å². The summed E-state index contributed by atoms with van der Waals surface area (Å²) in [6.45, 7) is 7.73. The van der Waals surface area contributed by atoms with Gasteiger partial charge in [-0.2, -0.15) is 0 Å². The third-order valence-corrected chi connectivity index (χ3v) is 7.82. The van der Waals surface area contributed by atoms with Gasteiger partial charge in [0, 0.05) is 35.4 Å². The number of carbonyl (C=O) groups excluding carboxylic acids is 1. The number of anilines is 1. The molecular formula is C20H28N5O3S+. The van der Waals surface area contributed by atoms with Gasteiger partial charge in [-0.15, -0.1) is 0 Å². The van der Waals surface area contributed by atoms with Crippen LogP contribution in [0.15, 0.2) is 24.5 Å². The van der Waals surface area contributed by atoms with Crippen LogP contribution >= 0.6 is 0 Å². The number of aryl methyl sites for hydroxylation is 1. The fourth-order valence-corrected chi connectivity index (χ4v) is 6.28. The predicted octanol–water partition coefficient (Wildman–Crippen LogP) is -0.158. The first-order valence-electron chi connectivity index (χ1n) is 10.1. The molecule has 0 radical (unpaired) electrons. The van der Waals surface area contributed by atoms with Gasteiger partial charge in [-0.1, -0.05) is 0 Å². The smallest absolute Gasteiger partial charge is 0.225 e. The Morgan fingerprint density at radius 3 is 2.52 bits per heavy atom. The second-order valence-corrected chi connectivity index (χ2v) is 10.3. The van der Waals surface area contributed by atoms with E-state index in [2.05, 4.69) is 19.4 Å². The van der Waals surface area contributed by atoms with Crippen LogP contribution in [0.3, 0.4) is 0 Å². The summed E-state index contributed by atoms with van der Waals surface area (Å²) in [5.41, 5.74) is 2.59. The van der Waals surface area contributed by atoms with E-state index in [-0.39, 0.29) is 23.3 Å². The number of nitrogens with zero attached hydrogens (tertiary/aromatic N) is 4. The Morgan fingerprint density at radius 2 is 1.90 bits per heavy atom. The molecule has 4 heterocycles. The molecule has 9 heteroatoms. The number of ketones is 1. The summed E-state index contributed by atoms with van der Waals surface area (Å²) in [5, 5.41) is 0. The van der Waals surface area contributed by atoms with Crippen molar-refractivity contribution in [1.29, 1.82) is 0 Å². The van der Waals surface area contributed by atoms with Gasteiger partial charge >= 0.3 is 0 Å². The van der Waals surface area contributed by atoms with E-state index in [4.69, 9.17) is 0 Å². The molecule has 1 N–H and O–H groups in total. The number of hydrogen-bond acceptors (Lipinski definition) is 6. The average Bonchev–Trinajstić information content (AvgIpc) is 3.21. The van der Waals surface area contributed by atoms with Crippen LogP contribution in [0.5, 0.6) is 0 Å². The lowest BCUT2D eigenvalue weighted by atomic mass is 10.1. The number of hydrogen-bond donors (Lipinski definition) is 1. The lowest BCUT2D eigenvalue weighted by Gasteiger charge is -2.31. The molecule has 2 aliphatic heterocycles. The first-order valence-corrected chi connectivity index (χ1v) is 11.9. The van der Waals surface area contributed by atoms with Gasteiger partial charge in [-0.25, -0.2) is 18.4 Å². The van der Waals surface area contributed by atoms with Gasteiger partial charge in [0.1, 0.15) is 6.54 Å². The molecule has 2 aromatic rings. The SMILES string of the molecule is Cc1cc(C(=O)C[NH+]2CCN(c3ncccn3)CC2)c(C)n1[C@@H]1CCS(=O)(=O)C1. The van der Waals surface area contributed by atoms with E-state index in [1.807, 2.05) is 19.9 Å². The standard InChI is InChI=1S/C20H27N5O3S/c1-15-12-18(16(2)25(15)17-4-11-29(27,28)14-17)19(26)13-23-7-9-24(10-8-23)20-21-5-3-6-22-20/h3,5-6,12,17H,4,7-11,13-14H2,1-2H3/p+1/t17-/m1/s1. The zero-order valence-corrected chi connectivity index (χ0v) is 17.8. The highest BCUT2D eigenvalue weighted by Gasteiger charge is 2.32. The van der Waals surface area contributed by atoms with Crippen LogP contribution in [-0.2, 0) is 9.84 Å². The molecule has 0 bridgehead atoms. The van der Waals surface area contributed by atoms with Crippen molar-refractivity contribution in [2.24, 2.45) is 0 Å². The van der Waals surface area contributed by atoms with Crippen LogP contribution in [0, 0.1) is 13.8 Å². The second-order valence-electron chi connectivity index (χ2n) is 8.10.